The molecular formula is C10H12FNO2. The zero-order chi connectivity index (χ0) is 10.7. The van der Waals surface area contributed by atoms with Crippen molar-refractivity contribution in [3.63, 3.8) is 0 Å². The van der Waals surface area contributed by atoms with Crippen molar-refractivity contribution in [1.82, 2.24) is 0 Å². The van der Waals surface area contributed by atoms with Gasteiger partial charge in [0.05, 0.1) is 5.92 Å². The normalized spacial score (nSPS) is 12.5. The second-order valence-electron chi connectivity index (χ2n) is 3.19. The van der Waals surface area contributed by atoms with Crippen LogP contribution in [0.15, 0.2) is 18.2 Å². The molecule has 0 saturated carbocycles. The van der Waals surface area contributed by atoms with E-state index in [1.54, 1.807) is 13.0 Å². The minimum atomic E-state index is -1.03. The first-order chi connectivity index (χ1) is 6.54. The van der Waals surface area contributed by atoms with Crippen molar-refractivity contribution < 1.29 is 14.3 Å². The van der Waals surface area contributed by atoms with E-state index in [0.717, 1.165) is 0 Å². The highest BCUT2D eigenvalue weighted by Gasteiger charge is 2.18. The Morgan fingerprint density at radius 2 is 2.21 bits per heavy atom. The van der Waals surface area contributed by atoms with E-state index >= 15 is 0 Å². The molecule has 0 aliphatic rings. The van der Waals surface area contributed by atoms with Crippen molar-refractivity contribution in [3.05, 3.63) is 35.1 Å². The maximum absolute atomic E-state index is 13.0. The maximum Gasteiger partial charge on any atom is 0.312 e. The number of nitrogens with two attached hydrogens (primary N) is 1. The number of aliphatic carboxylic acids is 1. The van der Waals surface area contributed by atoms with Crippen molar-refractivity contribution in [3.8, 4) is 0 Å². The van der Waals surface area contributed by atoms with Crippen molar-refractivity contribution in [2.24, 2.45) is 5.73 Å². The van der Waals surface area contributed by atoms with Crippen LogP contribution in [-0.4, -0.2) is 17.6 Å². The zero-order valence-corrected chi connectivity index (χ0v) is 7.83. The number of carbonyl (C=O) groups is 1. The average Bonchev–Trinajstić information content (AvgIpc) is 2.02. The minimum absolute atomic E-state index is 0.0295. The molecular weight excluding hydrogens is 185 g/mol. The first-order valence-corrected chi connectivity index (χ1v) is 4.24. The molecule has 0 aromatic heterocycles. The van der Waals surface area contributed by atoms with E-state index in [-0.39, 0.29) is 6.54 Å². The molecule has 4 heteroatoms. The van der Waals surface area contributed by atoms with E-state index in [0.29, 0.717) is 11.1 Å². The van der Waals surface area contributed by atoms with Crippen LogP contribution >= 0.6 is 0 Å². The Balaban J connectivity index is 3.10. The highest BCUT2D eigenvalue weighted by atomic mass is 19.1. The molecule has 3 nitrogen and oxygen atoms in total. The Morgan fingerprint density at radius 1 is 1.57 bits per heavy atom. The van der Waals surface area contributed by atoms with Gasteiger partial charge in [-0.15, -0.1) is 0 Å². The number of carboxylic acid groups (broad SMARTS) is 1. The second kappa shape index (κ2) is 4.19. The topological polar surface area (TPSA) is 63.3 Å². The van der Waals surface area contributed by atoms with Gasteiger partial charge in [-0.25, -0.2) is 4.39 Å². The Kier molecular flexibility index (Phi) is 3.19. The third kappa shape index (κ3) is 2.29. The molecule has 14 heavy (non-hydrogen) atoms. The Labute approximate surface area is 81.4 Å². The summed E-state index contributed by atoms with van der Waals surface area (Å²) in [6.07, 6.45) is 0. The van der Waals surface area contributed by atoms with E-state index in [4.69, 9.17) is 10.8 Å². The molecule has 1 unspecified atom stereocenters. The van der Waals surface area contributed by atoms with Crippen LogP contribution in [0.1, 0.15) is 17.0 Å². The number of hydrogen-bond donors (Lipinski definition) is 2. The summed E-state index contributed by atoms with van der Waals surface area (Å²) in [6, 6.07) is 4.19. The molecule has 0 aliphatic heterocycles. The molecule has 0 saturated heterocycles. The van der Waals surface area contributed by atoms with Gasteiger partial charge in [0.15, 0.2) is 0 Å². The first-order valence-electron chi connectivity index (χ1n) is 4.24. The van der Waals surface area contributed by atoms with Crippen LogP contribution in [0.2, 0.25) is 0 Å². The molecule has 0 bridgehead atoms. The summed E-state index contributed by atoms with van der Waals surface area (Å²) in [6.45, 7) is 1.68. The summed E-state index contributed by atoms with van der Waals surface area (Å²) in [5, 5.41) is 8.81. The Morgan fingerprint density at radius 3 is 2.64 bits per heavy atom. The fourth-order valence-electron chi connectivity index (χ4n) is 1.35. The Bertz CT molecular complexity index is 332. The number of carboxylic acids is 1. The van der Waals surface area contributed by atoms with Crippen LogP contribution in [0.4, 0.5) is 4.39 Å². The SMILES string of the molecule is Cc1cc(F)cc(C(CN)C(=O)O)c1. The smallest absolute Gasteiger partial charge is 0.312 e. The molecule has 0 heterocycles. The fourth-order valence-corrected chi connectivity index (χ4v) is 1.35. The van der Waals surface area contributed by atoms with Crippen LogP contribution in [0.5, 0.6) is 0 Å². The van der Waals surface area contributed by atoms with Crippen molar-refractivity contribution in [2.75, 3.05) is 6.54 Å². The summed E-state index contributed by atoms with van der Waals surface area (Å²) in [5.41, 5.74) is 6.41. The van der Waals surface area contributed by atoms with E-state index in [9.17, 15) is 9.18 Å². The van der Waals surface area contributed by atoms with E-state index in [1.807, 2.05) is 0 Å². The van der Waals surface area contributed by atoms with Crippen LogP contribution in [-0.2, 0) is 4.79 Å². The quantitative estimate of drug-likeness (QED) is 0.766. The molecule has 3 N–H and O–H groups in total. The number of benzene rings is 1. The van der Waals surface area contributed by atoms with Crippen LogP contribution in [0.3, 0.4) is 0 Å². The predicted molar refractivity (Wildman–Crippen MR) is 50.6 cm³/mol. The molecule has 0 spiro atoms. The second-order valence-corrected chi connectivity index (χ2v) is 3.19. The van der Waals surface area contributed by atoms with E-state index in [1.165, 1.54) is 12.1 Å². The monoisotopic (exact) mass is 197 g/mol. The van der Waals surface area contributed by atoms with Gasteiger partial charge in [0.25, 0.3) is 0 Å². The lowest BCUT2D eigenvalue weighted by atomic mass is 9.98. The van der Waals surface area contributed by atoms with Gasteiger partial charge in [0.1, 0.15) is 5.82 Å². The lowest BCUT2D eigenvalue weighted by molar-refractivity contribution is -0.138. The number of halogens is 1. The van der Waals surface area contributed by atoms with Crippen molar-refractivity contribution in [1.29, 1.82) is 0 Å². The fraction of sp³-hybridized carbons (Fsp3) is 0.300. The molecule has 1 rings (SSSR count). The van der Waals surface area contributed by atoms with Crippen LogP contribution in [0, 0.1) is 12.7 Å². The summed E-state index contributed by atoms with van der Waals surface area (Å²) < 4.78 is 13.0. The van der Waals surface area contributed by atoms with E-state index < -0.39 is 17.7 Å². The van der Waals surface area contributed by atoms with Gasteiger partial charge in [0, 0.05) is 6.54 Å². The highest BCUT2D eigenvalue weighted by Crippen LogP contribution is 2.18. The van der Waals surface area contributed by atoms with Gasteiger partial charge in [-0.05, 0) is 30.2 Å². The summed E-state index contributed by atoms with van der Waals surface area (Å²) >= 11 is 0. The van der Waals surface area contributed by atoms with Crippen LogP contribution in [0.25, 0.3) is 0 Å². The average molecular weight is 197 g/mol. The number of aryl methyl sites for hydroxylation is 1. The summed E-state index contributed by atoms with van der Waals surface area (Å²) in [5.74, 6) is -2.29. The lowest BCUT2D eigenvalue weighted by Crippen LogP contribution is -2.21. The Hall–Kier alpha value is -1.42. The van der Waals surface area contributed by atoms with Gasteiger partial charge >= 0.3 is 5.97 Å². The molecule has 0 radical (unpaired) electrons. The number of hydrogen-bond acceptors (Lipinski definition) is 2. The highest BCUT2D eigenvalue weighted by molar-refractivity contribution is 5.76. The third-order valence-corrected chi connectivity index (χ3v) is 2.00. The van der Waals surface area contributed by atoms with Gasteiger partial charge in [-0.2, -0.15) is 0 Å². The molecule has 1 aromatic carbocycles. The summed E-state index contributed by atoms with van der Waals surface area (Å²) in [7, 11) is 0. The van der Waals surface area contributed by atoms with Gasteiger partial charge in [0.2, 0.25) is 0 Å². The molecule has 1 aromatic rings. The van der Waals surface area contributed by atoms with Crippen LogP contribution < -0.4 is 5.73 Å². The first kappa shape index (κ1) is 10.7. The van der Waals surface area contributed by atoms with Crippen molar-refractivity contribution >= 4 is 5.97 Å². The predicted octanol–water partition coefficient (Wildman–Crippen LogP) is 1.26. The maximum atomic E-state index is 13.0. The van der Waals surface area contributed by atoms with E-state index in [2.05, 4.69) is 0 Å². The zero-order valence-electron chi connectivity index (χ0n) is 7.83. The van der Waals surface area contributed by atoms with Gasteiger partial charge < -0.3 is 10.8 Å². The third-order valence-electron chi connectivity index (χ3n) is 2.00. The minimum Gasteiger partial charge on any atom is -0.481 e. The molecule has 1 atom stereocenters. The largest absolute Gasteiger partial charge is 0.481 e. The lowest BCUT2D eigenvalue weighted by Gasteiger charge is -2.10. The number of rotatable bonds is 3. The van der Waals surface area contributed by atoms with Gasteiger partial charge in [-0.1, -0.05) is 6.07 Å². The molecule has 0 aliphatic carbocycles. The molecule has 0 fully saturated rings. The van der Waals surface area contributed by atoms with Crippen molar-refractivity contribution in [2.45, 2.75) is 12.8 Å². The molecule has 76 valence electrons. The summed E-state index contributed by atoms with van der Waals surface area (Å²) in [4.78, 5) is 10.8. The van der Waals surface area contributed by atoms with Gasteiger partial charge in [-0.3, -0.25) is 4.79 Å². The molecule has 0 amide bonds. The standard InChI is InChI=1S/C10H12FNO2/c1-6-2-7(4-8(11)3-6)9(5-12)10(13)14/h2-4,9H,5,12H2,1H3,(H,13,14).